The Morgan fingerprint density at radius 2 is 1.14 bits per heavy atom. The van der Waals surface area contributed by atoms with Gasteiger partial charge in [0.05, 0.1) is 6.10 Å². The van der Waals surface area contributed by atoms with Gasteiger partial charge in [-0.25, -0.2) is 9.59 Å². The quantitative estimate of drug-likeness (QED) is 0.466. The maximum absolute atomic E-state index is 11.5. The van der Waals surface area contributed by atoms with Gasteiger partial charge in [0.15, 0.2) is 0 Å². The lowest BCUT2D eigenvalue weighted by Gasteiger charge is -2.23. The molecule has 0 aliphatic heterocycles. The number of carboxylic acids is 2. The third-order valence-electron chi connectivity index (χ3n) is 2.46. The zero-order valence-electron chi connectivity index (χ0n) is 12.2. The molecule has 0 atom stereocenters. The van der Waals surface area contributed by atoms with Crippen LogP contribution in [0.1, 0.15) is 0 Å². The van der Waals surface area contributed by atoms with Gasteiger partial charge in [0, 0.05) is 51.5 Å². The number of amides is 2. The first-order chi connectivity index (χ1) is 10.1. The van der Waals surface area contributed by atoms with E-state index < -0.39 is 29.9 Å². The van der Waals surface area contributed by atoms with Crippen molar-refractivity contribution in [3.63, 3.8) is 0 Å². The van der Waals surface area contributed by atoms with Crippen LogP contribution in [0.3, 0.4) is 0 Å². The highest BCUT2D eigenvalue weighted by atomic mass is 16.4. The van der Waals surface area contributed by atoms with Crippen molar-refractivity contribution in [3.05, 3.63) is 24.3 Å². The molecule has 122 valence electrons. The third kappa shape index (κ3) is 8.48. The lowest BCUT2D eigenvalue weighted by Crippen LogP contribution is -2.41. The Labute approximate surface area is 126 Å². The van der Waals surface area contributed by atoms with Crippen molar-refractivity contribution in [2.24, 2.45) is 0 Å². The van der Waals surface area contributed by atoms with Crippen molar-refractivity contribution in [3.8, 4) is 0 Å². The van der Waals surface area contributed by atoms with Crippen LogP contribution >= 0.6 is 0 Å². The van der Waals surface area contributed by atoms with Gasteiger partial charge in [0.1, 0.15) is 0 Å². The molecule has 3 N–H and O–H groups in total. The molecule has 0 radical (unpaired) electrons. The number of carboxylic acid groups (broad SMARTS) is 2. The summed E-state index contributed by atoms with van der Waals surface area (Å²) in [5, 5.41) is 26.6. The van der Waals surface area contributed by atoms with Crippen molar-refractivity contribution in [2.75, 3.05) is 27.2 Å². The van der Waals surface area contributed by atoms with Crippen molar-refractivity contribution in [1.82, 2.24) is 9.80 Å². The minimum Gasteiger partial charge on any atom is -0.478 e. The number of aliphatic hydroxyl groups excluding tert-OH is 1. The first-order valence-electron chi connectivity index (χ1n) is 6.13. The Kier molecular flexibility index (Phi) is 8.16. The van der Waals surface area contributed by atoms with Crippen LogP contribution in [-0.4, -0.2) is 82.2 Å². The molecular formula is C13H18N2O7. The van der Waals surface area contributed by atoms with E-state index in [9.17, 15) is 24.3 Å². The number of carbonyl (C=O) groups excluding carboxylic acids is 2. The molecule has 0 unspecified atom stereocenters. The fourth-order valence-corrected chi connectivity index (χ4v) is 1.41. The van der Waals surface area contributed by atoms with Crippen LogP contribution in [0.2, 0.25) is 0 Å². The number of aliphatic carboxylic acids is 2. The molecule has 0 rings (SSSR count). The topological polar surface area (TPSA) is 135 Å². The first kappa shape index (κ1) is 19.3. The van der Waals surface area contributed by atoms with E-state index in [2.05, 4.69) is 0 Å². The van der Waals surface area contributed by atoms with Crippen molar-refractivity contribution in [1.29, 1.82) is 0 Å². The van der Waals surface area contributed by atoms with Crippen LogP contribution in [0, 0.1) is 0 Å². The summed E-state index contributed by atoms with van der Waals surface area (Å²) >= 11 is 0. The van der Waals surface area contributed by atoms with Gasteiger partial charge >= 0.3 is 11.9 Å². The number of carbonyl (C=O) groups is 4. The Morgan fingerprint density at radius 3 is 1.41 bits per heavy atom. The van der Waals surface area contributed by atoms with E-state index in [1.165, 1.54) is 14.1 Å². The number of nitrogens with zero attached hydrogens (tertiary/aromatic N) is 2. The minimum absolute atomic E-state index is 0.122. The molecular weight excluding hydrogens is 296 g/mol. The van der Waals surface area contributed by atoms with E-state index in [0.717, 1.165) is 22.0 Å². The molecule has 0 saturated heterocycles. The van der Waals surface area contributed by atoms with Gasteiger partial charge in [0.2, 0.25) is 11.8 Å². The maximum Gasteiger partial charge on any atom is 0.328 e. The number of likely N-dealkylation sites (N-methyl/N-ethyl adjacent to an activating group) is 2. The Hall–Kier alpha value is -2.68. The number of aliphatic hydroxyl groups is 1. The van der Waals surface area contributed by atoms with E-state index in [0.29, 0.717) is 12.2 Å². The van der Waals surface area contributed by atoms with E-state index in [4.69, 9.17) is 10.2 Å². The van der Waals surface area contributed by atoms with Crippen LogP contribution < -0.4 is 0 Å². The molecule has 0 heterocycles. The lowest BCUT2D eigenvalue weighted by molar-refractivity contribution is -0.132. The number of hydrogen-bond donors (Lipinski definition) is 3. The molecule has 0 bridgehead atoms. The third-order valence-corrected chi connectivity index (χ3v) is 2.46. The summed E-state index contributed by atoms with van der Waals surface area (Å²) in [6.07, 6.45) is 1.98. The molecule has 0 saturated carbocycles. The average molecular weight is 314 g/mol. The normalized spacial score (nSPS) is 11.1. The molecule has 0 aromatic carbocycles. The zero-order valence-corrected chi connectivity index (χ0v) is 12.2. The SMILES string of the molecule is CN(CC(O)CN(C)C(=O)/C=C\C(=O)O)C(=O)/C=C\C(=O)O. The Balaban J connectivity index is 4.40. The van der Waals surface area contributed by atoms with Gasteiger partial charge in [0.25, 0.3) is 0 Å². The fourth-order valence-electron chi connectivity index (χ4n) is 1.41. The zero-order chi connectivity index (χ0) is 17.3. The summed E-state index contributed by atoms with van der Waals surface area (Å²) in [6.45, 7) is -0.244. The summed E-state index contributed by atoms with van der Waals surface area (Å²) < 4.78 is 0. The summed E-state index contributed by atoms with van der Waals surface area (Å²) in [7, 11) is 2.73. The van der Waals surface area contributed by atoms with Crippen LogP contribution in [0.4, 0.5) is 0 Å². The van der Waals surface area contributed by atoms with E-state index in [-0.39, 0.29) is 13.1 Å². The highest BCUT2D eigenvalue weighted by molar-refractivity contribution is 5.94. The van der Waals surface area contributed by atoms with E-state index in [1.807, 2.05) is 0 Å². The smallest absolute Gasteiger partial charge is 0.328 e. The predicted octanol–water partition coefficient (Wildman–Crippen LogP) is -1.45. The maximum atomic E-state index is 11.5. The second kappa shape index (κ2) is 9.29. The molecule has 0 aliphatic carbocycles. The summed E-state index contributed by atoms with van der Waals surface area (Å²) in [6, 6.07) is 0. The molecule has 9 heteroatoms. The van der Waals surface area contributed by atoms with Crippen LogP contribution in [0.5, 0.6) is 0 Å². The second-order valence-electron chi connectivity index (χ2n) is 4.43. The standard InChI is InChI=1S/C13H18N2O7/c1-14(10(17)3-5-12(19)20)7-9(16)8-15(2)11(18)4-6-13(21)22/h3-6,9,16H,7-8H2,1-2H3,(H,19,20)(H,21,22)/b5-3-,6-4-. The van der Waals surface area contributed by atoms with Gasteiger partial charge in [-0.3, -0.25) is 9.59 Å². The van der Waals surface area contributed by atoms with E-state index in [1.54, 1.807) is 0 Å². The highest BCUT2D eigenvalue weighted by Gasteiger charge is 2.16. The highest BCUT2D eigenvalue weighted by Crippen LogP contribution is 1.96. The van der Waals surface area contributed by atoms with Gasteiger partial charge in [-0.05, 0) is 0 Å². The van der Waals surface area contributed by atoms with E-state index >= 15 is 0 Å². The molecule has 2 amide bonds. The molecule has 0 spiro atoms. The lowest BCUT2D eigenvalue weighted by atomic mass is 10.3. The van der Waals surface area contributed by atoms with Crippen molar-refractivity contribution >= 4 is 23.8 Å². The van der Waals surface area contributed by atoms with Crippen LogP contribution in [0.25, 0.3) is 0 Å². The molecule has 9 nitrogen and oxygen atoms in total. The van der Waals surface area contributed by atoms with Crippen molar-refractivity contribution in [2.45, 2.75) is 6.10 Å². The van der Waals surface area contributed by atoms with Crippen LogP contribution in [-0.2, 0) is 19.2 Å². The first-order valence-corrected chi connectivity index (χ1v) is 6.13. The molecule has 22 heavy (non-hydrogen) atoms. The molecule has 0 aliphatic rings. The molecule has 0 aromatic rings. The second-order valence-corrected chi connectivity index (χ2v) is 4.43. The fraction of sp³-hybridized carbons (Fsp3) is 0.385. The largest absolute Gasteiger partial charge is 0.478 e. The minimum atomic E-state index is -1.27. The molecule has 0 fully saturated rings. The van der Waals surface area contributed by atoms with Gasteiger partial charge in [-0.2, -0.15) is 0 Å². The number of rotatable bonds is 8. The Morgan fingerprint density at radius 1 is 0.818 bits per heavy atom. The van der Waals surface area contributed by atoms with Crippen molar-refractivity contribution < 1.29 is 34.5 Å². The predicted molar refractivity (Wildman–Crippen MR) is 74.8 cm³/mol. The van der Waals surface area contributed by atoms with Gasteiger partial charge < -0.3 is 25.1 Å². The summed E-state index contributed by atoms with van der Waals surface area (Å²) in [5.74, 6) is -3.75. The number of hydrogen-bond acceptors (Lipinski definition) is 5. The summed E-state index contributed by atoms with van der Waals surface area (Å²) in [5.41, 5.74) is 0. The molecule has 0 aromatic heterocycles. The summed E-state index contributed by atoms with van der Waals surface area (Å²) in [4.78, 5) is 45.7. The Bertz CT molecular complexity index is 455. The van der Waals surface area contributed by atoms with Crippen LogP contribution in [0.15, 0.2) is 24.3 Å². The van der Waals surface area contributed by atoms with Gasteiger partial charge in [-0.15, -0.1) is 0 Å². The average Bonchev–Trinajstić information content (AvgIpc) is 2.41. The monoisotopic (exact) mass is 314 g/mol. The van der Waals surface area contributed by atoms with Gasteiger partial charge in [-0.1, -0.05) is 0 Å².